The first-order chi connectivity index (χ1) is 8.74. The molecule has 1 aliphatic heterocycles. The van der Waals surface area contributed by atoms with Gasteiger partial charge in [0.15, 0.2) is 0 Å². The molecule has 0 saturated carbocycles. The summed E-state index contributed by atoms with van der Waals surface area (Å²) in [6.07, 6.45) is -0.106. The van der Waals surface area contributed by atoms with E-state index in [1.165, 1.54) is 15.6 Å². The van der Waals surface area contributed by atoms with Crippen LogP contribution < -0.4 is 0 Å². The van der Waals surface area contributed by atoms with Crippen molar-refractivity contribution in [1.29, 1.82) is 0 Å². The molecule has 1 aromatic rings. The largest absolute Gasteiger partial charge is 0.370 e. The molecule has 7 heteroatoms. The minimum Gasteiger partial charge on any atom is -0.370 e. The van der Waals surface area contributed by atoms with Crippen molar-refractivity contribution in [1.82, 2.24) is 4.31 Å². The number of hydrogen-bond donors (Lipinski definition) is 0. The van der Waals surface area contributed by atoms with E-state index in [1.807, 2.05) is 20.8 Å². The van der Waals surface area contributed by atoms with E-state index >= 15 is 0 Å². The lowest BCUT2D eigenvalue weighted by Gasteiger charge is -2.40. The molecule has 19 heavy (non-hydrogen) atoms. The summed E-state index contributed by atoms with van der Waals surface area (Å²) in [6.45, 7) is 6.46. The van der Waals surface area contributed by atoms with Crippen LogP contribution in [0.1, 0.15) is 26.3 Å². The summed E-state index contributed by atoms with van der Waals surface area (Å²) in [4.78, 5) is 0. The molecule has 2 rings (SSSR count). The Bertz CT molecular complexity index is 553. The highest BCUT2D eigenvalue weighted by atomic mass is 35.5. The summed E-state index contributed by atoms with van der Waals surface area (Å²) in [6, 6.07) is 1.65. The molecular weight excluding hydrogens is 306 g/mol. The Morgan fingerprint density at radius 2 is 2.26 bits per heavy atom. The highest BCUT2D eigenvalue weighted by molar-refractivity contribution is 7.91. The van der Waals surface area contributed by atoms with Gasteiger partial charge in [-0.05, 0) is 37.8 Å². The molecule has 1 aromatic heterocycles. The van der Waals surface area contributed by atoms with Crippen molar-refractivity contribution in [2.75, 3.05) is 13.1 Å². The van der Waals surface area contributed by atoms with Crippen molar-refractivity contribution in [3.8, 4) is 0 Å². The Labute approximate surface area is 123 Å². The van der Waals surface area contributed by atoms with Crippen molar-refractivity contribution in [3.63, 3.8) is 0 Å². The molecule has 1 aliphatic rings. The van der Waals surface area contributed by atoms with Crippen LogP contribution in [-0.4, -0.2) is 37.5 Å². The molecule has 0 N–H and O–H groups in total. The fraction of sp³-hybridized carbons (Fsp3) is 0.667. The summed E-state index contributed by atoms with van der Waals surface area (Å²) >= 11 is 6.94. The second-order valence-electron chi connectivity index (χ2n) is 5.39. The van der Waals surface area contributed by atoms with Gasteiger partial charge in [0.25, 0.3) is 10.0 Å². The Morgan fingerprint density at radius 1 is 1.58 bits per heavy atom. The molecule has 1 saturated heterocycles. The van der Waals surface area contributed by atoms with Gasteiger partial charge in [-0.25, -0.2) is 8.42 Å². The average molecular weight is 324 g/mol. The lowest BCUT2D eigenvalue weighted by molar-refractivity contribution is -0.109. The first-order valence-corrected chi connectivity index (χ1v) is 8.91. The standard InChI is InChI=1S/C12H18ClNO3S2/c1-9-6-14(8-12(2,3)17-9)19(15,16)11-4-10(5-13)7-18-11/h4,7,9H,5-6,8H2,1-3H3. The first-order valence-electron chi connectivity index (χ1n) is 6.06. The van der Waals surface area contributed by atoms with Crippen LogP contribution in [0.5, 0.6) is 0 Å². The van der Waals surface area contributed by atoms with E-state index in [-0.39, 0.29) is 6.10 Å². The summed E-state index contributed by atoms with van der Waals surface area (Å²) in [5, 5.41) is 1.79. The summed E-state index contributed by atoms with van der Waals surface area (Å²) in [5.74, 6) is 0.330. The summed E-state index contributed by atoms with van der Waals surface area (Å²) in [7, 11) is -3.44. The number of hydrogen-bond acceptors (Lipinski definition) is 4. The van der Waals surface area contributed by atoms with Crippen LogP contribution in [0, 0.1) is 0 Å². The Hall–Kier alpha value is -0.140. The minimum absolute atomic E-state index is 0.106. The molecule has 0 radical (unpaired) electrons. The highest BCUT2D eigenvalue weighted by Crippen LogP contribution is 2.29. The summed E-state index contributed by atoms with van der Waals surface area (Å²) < 4.78 is 32.8. The number of rotatable bonds is 3. The molecule has 1 fully saturated rings. The normalized spacial score (nSPS) is 24.5. The Morgan fingerprint density at radius 3 is 2.79 bits per heavy atom. The minimum atomic E-state index is -3.44. The highest BCUT2D eigenvalue weighted by Gasteiger charge is 2.38. The maximum Gasteiger partial charge on any atom is 0.252 e. The SMILES string of the molecule is CC1CN(S(=O)(=O)c2cc(CCl)cs2)CC(C)(C)O1. The fourth-order valence-corrected chi connectivity index (χ4v) is 5.54. The van der Waals surface area contributed by atoms with Gasteiger partial charge in [-0.3, -0.25) is 0 Å². The Kier molecular flexibility index (Phi) is 4.28. The van der Waals surface area contributed by atoms with E-state index < -0.39 is 15.6 Å². The average Bonchev–Trinajstić information content (AvgIpc) is 2.75. The van der Waals surface area contributed by atoms with Gasteiger partial charge in [0, 0.05) is 19.0 Å². The molecule has 0 amide bonds. The van der Waals surface area contributed by atoms with Gasteiger partial charge in [-0.2, -0.15) is 4.31 Å². The van der Waals surface area contributed by atoms with Gasteiger partial charge >= 0.3 is 0 Å². The van der Waals surface area contributed by atoms with Gasteiger partial charge < -0.3 is 4.74 Å². The fourth-order valence-electron chi connectivity index (χ4n) is 2.26. The van der Waals surface area contributed by atoms with E-state index in [4.69, 9.17) is 16.3 Å². The van der Waals surface area contributed by atoms with Crippen molar-refractivity contribution in [3.05, 3.63) is 17.0 Å². The first kappa shape index (κ1) is 15.3. The predicted molar refractivity (Wildman–Crippen MR) is 77.3 cm³/mol. The maximum atomic E-state index is 12.6. The second-order valence-corrected chi connectivity index (χ2v) is 8.74. The van der Waals surface area contributed by atoms with Crippen LogP contribution in [0.25, 0.3) is 0 Å². The van der Waals surface area contributed by atoms with Crippen molar-refractivity contribution >= 4 is 33.0 Å². The van der Waals surface area contributed by atoms with Crippen molar-refractivity contribution in [2.24, 2.45) is 0 Å². The van der Waals surface area contributed by atoms with Crippen LogP contribution in [-0.2, 0) is 20.6 Å². The number of morpholine rings is 1. The summed E-state index contributed by atoms with van der Waals surface area (Å²) in [5.41, 5.74) is 0.378. The van der Waals surface area contributed by atoms with Crippen molar-refractivity contribution < 1.29 is 13.2 Å². The predicted octanol–water partition coefficient (Wildman–Crippen LogP) is 2.67. The van der Waals surface area contributed by atoms with Crippen LogP contribution in [0.3, 0.4) is 0 Å². The van der Waals surface area contributed by atoms with E-state index in [2.05, 4.69) is 0 Å². The molecule has 2 heterocycles. The molecule has 1 unspecified atom stereocenters. The third-order valence-corrected chi connectivity index (χ3v) is 6.50. The lowest BCUT2D eigenvalue weighted by atomic mass is 10.1. The van der Waals surface area contributed by atoms with Gasteiger partial charge in [0.05, 0.1) is 11.7 Å². The van der Waals surface area contributed by atoms with Crippen LogP contribution in [0.15, 0.2) is 15.7 Å². The Balaban J connectivity index is 2.28. The maximum absolute atomic E-state index is 12.6. The monoisotopic (exact) mass is 323 g/mol. The molecule has 0 aromatic carbocycles. The van der Waals surface area contributed by atoms with E-state index in [9.17, 15) is 8.42 Å². The molecule has 0 bridgehead atoms. The number of thiophene rings is 1. The van der Waals surface area contributed by atoms with Crippen LogP contribution in [0.2, 0.25) is 0 Å². The zero-order valence-corrected chi connectivity index (χ0v) is 13.6. The zero-order valence-electron chi connectivity index (χ0n) is 11.2. The van der Waals surface area contributed by atoms with Crippen LogP contribution >= 0.6 is 22.9 Å². The zero-order chi connectivity index (χ0) is 14.3. The molecule has 108 valence electrons. The molecule has 0 aliphatic carbocycles. The van der Waals surface area contributed by atoms with Gasteiger partial charge in [0.2, 0.25) is 0 Å². The molecule has 0 spiro atoms. The number of sulfonamides is 1. The van der Waals surface area contributed by atoms with Crippen LogP contribution in [0.4, 0.5) is 0 Å². The van der Waals surface area contributed by atoms with E-state index in [0.29, 0.717) is 23.2 Å². The third-order valence-electron chi connectivity index (χ3n) is 2.92. The third kappa shape index (κ3) is 3.31. The van der Waals surface area contributed by atoms with Gasteiger partial charge in [-0.15, -0.1) is 22.9 Å². The lowest BCUT2D eigenvalue weighted by Crippen LogP contribution is -2.53. The quantitative estimate of drug-likeness (QED) is 0.803. The number of halogens is 1. The number of ether oxygens (including phenoxy) is 1. The van der Waals surface area contributed by atoms with Gasteiger partial charge in [-0.1, -0.05) is 0 Å². The topological polar surface area (TPSA) is 46.6 Å². The number of alkyl halides is 1. The van der Waals surface area contributed by atoms with E-state index in [1.54, 1.807) is 11.4 Å². The van der Waals surface area contributed by atoms with Gasteiger partial charge in [0.1, 0.15) is 4.21 Å². The number of nitrogens with zero attached hydrogens (tertiary/aromatic N) is 1. The molecule has 1 atom stereocenters. The van der Waals surface area contributed by atoms with E-state index in [0.717, 1.165) is 5.56 Å². The van der Waals surface area contributed by atoms with Crippen molar-refractivity contribution in [2.45, 2.75) is 42.6 Å². The molecule has 4 nitrogen and oxygen atoms in total. The second kappa shape index (κ2) is 5.33. The molecular formula is C12H18ClNO3S2. The smallest absolute Gasteiger partial charge is 0.252 e.